The van der Waals surface area contributed by atoms with Crippen LogP contribution >= 0.6 is 11.6 Å². The zero-order chi connectivity index (χ0) is 24.9. The van der Waals surface area contributed by atoms with Crippen molar-refractivity contribution in [1.82, 2.24) is 15.5 Å². The minimum Gasteiger partial charge on any atom is -0.398 e. The maximum absolute atomic E-state index is 13.5. The van der Waals surface area contributed by atoms with Gasteiger partial charge in [-0.1, -0.05) is 32.4 Å². The van der Waals surface area contributed by atoms with Crippen molar-refractivity contribution in [3.63, 3.8) is 0 Å². The molecule has 9 nitrogen and oxygen atoms in total. The number of Topliss-reactive ketones (excluding diaryl/α,β-unsaturated/α-hetero) is 1. The number of carbonyl (C=O) groups excluding carboxylic acids is 4. The summed E-state index contributed by atoms with van der Waals surface area (Å²) >= 11 is 6.02. The summed E-state index contributed by atoms with van der Waals surface area (Å²) in [6, 6.07) is 3.70. The van der Waals surface area contributed by atoms with Crippen LogP contribution in [0.15, 0.2) is 18.2 Å². The topological polar surface area (TPSA) is 145 Å². The molecular formula is C23H30ClN5O4. The first-order chi connectivity index (χ1) is 15.3. The predicted molar refractivity (Wildman–Crippen MR) is 124 cm³/mol. The van der Waals surface area contributed by atoms with Gasteiger partial charge < -0.3 is 21.3 Å². The summed E-state index contributed by atoms with van der Waals surface area (Å²) in [6.45, 7) is 7.13. The lowest BCUT2D eigenvalue weighted by molar-refractivity contribution is -0.142. The number of amides is 3. The molecule has 1 saturated heterocycles. The zero-order valence-electron chi connectivity index (χ0n) is 19.3. The fourth-order valence-electron chi connectivity index (χ4n) is 3.68. The molecule has 10 heteroatoms. The molecule has 33 heavy (non-hydrogen) atoms. The summed E-state index contributed by atoms with van der Waals surface area (Å²) in [4.78, 5) is 51.9. The van der Waals surface area contributed by atoms with Crippen LogP contribution in [0.2, 0.25) is 5.02 Å². The van der Waals surface area contributed by atoms with Crippen molar-refractivity contribution in [2.24, 2.45) is 5.41 Å². The number of nitriles is 1. The summed E-state index contributed by atoms with van der Waals surface area (Å²) in [5.41, 5.74) is 5.64. The van der Waals surface area contributed by atoms with E-state index < -0.39 is 41.3 Å². The SMILES string of the molecule is CC(=O)C[C@@H](C#N)NC(=O)[C@@H]1CCCN1C(=O)[C@@H](NC(=O)c1ccc(N)c(Cl)c1)C(C)(C)C. The summed E-state index contributed by atoms with van der Waals surface area (Å²) < 4.78 is 0. The number of nitrogens with one attached hydrogen (secondary N) is 2. The highest BCUT2D eigenvalue weighted by Gasteiger charge is 2.42. The average molecular weight is 476 g/mol. The van der Waals surface area contributed by atoms with E-state index in [0.717, 1.165) is 0 Å². The molecule has 1 aromatic rings. The smallest absolute Gasteiger partial charge is 0.252 e. The second-order valence-corrected chi connectivity index (χ2v) is 9.70. The van der Waals surface area contributed by atoms with Gasteiger partial charge in [-0.05, 0) is 43.4 Å². The molecule has 1 aliphatic heterocycles. The van der Waals surface area contributed by atoms with Gasteiger partial charge in [-0.15, -0.1) is 0 Å². The second kappa shape index (κ2) is 10.7. The van der Waals surface area contributed by atoms with Crippen molar-refractivity contribution >= 4 is 40.8 Å². The average Bonchev–Trinajstić information content (AvgIpc) is 3.21. The number of hydrogen-bond acceptors (Lipinski definition) is 6. The molecule has 178 valence electrons. The fraction of sp³-hybridized carbons (Fsp3) is 0.522. The Morgan fingerprint density at radius 3 is 2.48 bits per heavy atom. The Morgan fingerprint density at radius 1 is 1.27 bits per heavy atom. The molecule has 0 aliphatic carbocycles. The van der Waals surface area contributed by atoms with Gasteiger partial charge in [0.05, 0.1) is 16.8 Å². The van der Waals surface area contributed by atoms with Gasteiger partial charge in [0, 0.05) is 18.5 Å². The van der Waals surface area contributed by atoms with E-state index in [0.29, 0.717) is 25.1 Å². The Labute approximate surface area is 198 Å². The first-order valence-electron chi connectivity index (χ1n) is 10.7. The third kappa shape index (κ3) is 6.68. The zero-order valence-corrected chi connectivity index (χ0v) is 20.0. The Morgan fingerprint density at radius 2 is 1.94 bits per heavy atom. The van der Waals surface area contributed by atoms with Gasteiger partial charge in [-0.25, -0.2) is 0 Å². The Kier molecular flexibility index (Phi) is 8.45. The summed E-state index contributed by atoms with van der Waals surface area (Å²) in [6.07, 6.45) is 0.925. The molecule has 0 spiro atoms. The predicted octanol–water partition coefficient (Wildman–Crippen LogP) is 2.05. The van der Waals surface area contributed by atoms with E-state index in [1.165, 1.54) is 30.0 Å². The van der Waals surface area contributed by atoms with Crippen LogP contribution in [-0.4, -0.2) is 53.1 Å². The fourth-order valence-corrected chi connectivity index (χ4v) is 3.87. The van der Waals surface area contributed by atoms with Crippen molar-refractivity contribution in [2.75, 3.05) is 12.3 Å². The summed E-state index contributed by atoms with van der Waals surface area (Å²) in [5.74, 6) is -1.59. The van der Waals surface area contributed by atoms with Crippen molar-refractivity contribution in [1.29, 1.82) is 5.26 Å². The minimum absolute atomic E-state index is 0.103. The van der Waals surface area contributed by atoms with Gasteiger partial charge in [-0.3, -0.25) is 19.2 Å². The molecule has 0 saturated carbocycles. The number of nitrogen functional groups attached to an aromatic ring is 1. The van der Waals surface area contributed by atoms with Crippen LogP contribution in [-0.2, 0) is 14.4 Å². The summed E-state index contributed by atoms with van der Waals surface area (Å²) in [5, 5.41) is 14.8. The first kappa shape index (κ1) is 26.1. The lowest BCUT2D eigenvalue weighted by atomic mass is 9.85. The van der Waals surface area contributed by atoms with Crippen LogP contribution in [0.3, 0.4) is 0 Å². The van der Waals surface area contributed by atoms with Crippen LogP contribution in [0.4, 0.5) is 5.69 Å². The summed E-state index contributed by atoms with van der Waals surface area (Å²) in [7, 11) is 0. The molecule has 2 rings (SSSR count). The van der Waals surface area contributed by atoms with Crippen molar-refractivity contribution in [3.8, 4) is 6.07 Å². The van der Waals surface area contributed by atoms with Crippen LogP contribution in [0, 0.1) is 16.7 Å². The van der Waals surface area contributed by atoms with E-state index in [1.807, 2.05) is 26.8 Å². The van der Waals surface area contributed by atoms with E-state index in [2.05, 4.69) is 10.6 Å². The van der Waals surface area contributed by atoms with Crippen molar-refractivity contribution in [2.45, 2.75) is 65.1 Å². The van der Waals surface area contributed by atoms with Gasteiger partial charge in [0.2, 0.25) is 11.8 Å². The maximum Gasteiger partial charge on any atom is 0.252 e. The molecule has 1 aromatic carbocycles. The van der Waals surface area contributed by atoms with Crippen LogP contribution in [0.5, 0.6) is 0 Å². The van der Waals surface area contributed by atoms with Gasteiger partial charge in [-0.2, -0.15) is 5.26 Å². The number of halogens is 1. The number of nitrogens with two attached hydrogens (primary N) is 1. The molecule has 3 amide bonds. The third-order valence-electron chi connectivity index (χ3n) is 5.45. The van der Waals surface area contributed by atoms with Gasteiger partial charge in [0.25, 0.3) is 5.91 Å². The number of rotatable bonds is 7. The van der Waals surface area contributed by atoms with Gasteiger partial charge in [0.15, 0.2) is 0 Å². The molecule has 0 bridgehead atoms. The Balaban J connectivity index is 2.21. The monoisotopic (exact) mass is 475 g/mol. The highest BCUT2D eigenvalue weighted by molar-refractivity contribution is 6.33. The molecule has 1 heterocycles. The Bertz CT molecular complexity index is 982. The van der Waals surface area contributed by atoms with Gasteiger partial charge in [0.1, 0.15) is 23.9 Å². The van der Waals surface area contributed by atoms with E-state index in [9.17, 15) is 24.4 Å². The van der Waals surface area contributed by atoms with E-state index in [4.69, 9.17) is 17.3 Å². The lowest BCUT2D eigenvalue weighted by Gasteiger charge is -2.35. The van der Waals surface area contributed by atoms with Crippen molar-refractivity contribution < 1.29 is 19.2 Å². The quantitative estimate of drug-likeness (QED) is 0.514. The number of carbonyl (C=O) groups is 4. The highest BCUT2D eigenvalue weighted by atomic mass is 35.5. The van der Waals surface area contributed by atoms with E-state index in [-0.39, 0.29) is 22.8 Å². The highest BCUT2D eigenvalue weighted by Crippen LogP contribution is 2.27. The molecule has 1 aliphatic rings. The number of hydrogen-bond donors (Lipinski definition) is 3. The van der Waals surface area contributed by atoms with Crippen LogP contribution in [0.25, 0.3) is 0 Å². The van der Waals surface area contributed by atoms with Gasteiger partial charge >= 0.3 is 0 Å². The largest absolute Gasteiger partial charge is 0.398 e. The van der Waals surface area contributed by atoms with E-state index in [1.54, 1.807) is 0 Å². The normalized spacial score (nSPS) is 17.6. The number of anilines is 1. The van der Waals surface area contributed by atoms with Crippen molar-refractivity contribution in [3.05, 3.63) is 28.8 Å². The lowest BCUT2D eigenvalue weighted by Crippen LogP contribution is -2.58. The molecule has 0 aromatic heterocycles. The number of benzene rings is 1. The molecular weight excluding hydrogens is 446 g/mol. The molecule has 4 N–H and O–H groups in total. The third-order valence-corrected chi connectivity index (χ3v) is 5.78. The Hall–Kier alpha value is -3.12. The molecule has 0 unspecified atom stereocenters. The molecule has 3 atom stereocenters. The maximum atomic E-state index is 13.5. The molecule has 1 fully saturated rings. The van der Waals surface area contributed by atoms with E-state index >= 15 is 0 Å². The number of likely N-dealkylation sites (tertiary alicyclic amines) is 1. The second-order valence-electron chi connectivity index (χ2n) is 9.29. The first-order valence-corrected chi connectivity index (χ1v) is 11.1. The standard InChI is InChI=1S/C23H30ClN5O4/c1-13(30)10-15(12-25)27-21(32)18-6-5-9-29(18)22(33)19(23(2,3)4)28-20(31)14-7-8-17(26)16(24)11-14/h7-8,11,15,18-19H,5-6,9-10,26H2,1-4H3,(H,27,32)(H,28,31)/t15-,18-,19+/m0/s1. The number of nitrogens with zero attached hydrogens (tertiary/aromatic N) is 2. The van der Waals surface area contributed by atoms with Crippen LogP contribution in [0.1, 0.15) is 57.3 Å². The molecule has 0 radical (unpaired) electrons. The number of ketones is 1. The van der Waals surface area contributed by atoms with Crippen LogP contribution < -0.4 is 16.4 Å². The minimum atomic E-state index is -0.957.